The van der Waals surface area contributed by atoms with Crippen LogP contribution in [-0.4, -0.2) is 38.1 Å². The number of hydrogen-bond acceptors (Lipinski definition) is 3. The fourth-order valence-corrected chi connectivity index (χ4v) is 1.40. The van der Waals surface area contributed by atoms with Crippen LogP contribution in [0.5, 0.6) is 5.75 Å². The lowest BCUT2D eigenvalue weighted by molar-refractivity contribution is -0.111. The Morgan fingerprint density at radius 2 is 2.11 bits per heavy atom. The highest BCUT2D eigenvalue weighted by Gasteiger charge is 2.04. The molecule has 0 radical (unpaired) electrons. The van der Waals surface area contributed by atoms with Crippen LogP contribution in [0.15, 0.2) is 36.4 Å². The van der Waals surface area contributed by atoms with Gasteiger partial charge in [-0.1, -0.05) is 18.2 Å². The van der Waals surface area contributed by atoms with Gasteiger partial charge in [-0.15, -0.1) is 0 Å². The molecule has 1 aromatic carbocycles. The van der Waals surface area contributed by atoms with E-state index in [-0.39, 0.29) is 5.91 Å². The average molecular weight is 248 g/mol. The summed E-state index contributed by atoms with van der Waals surface area (Å²) in [6.07, 6.45) is 3.35. The van der Waals surface area contributed by atoms with Crippen LogP contribution in [0.2, 0.25) is 0 Å². The largest absolute Gasteiger partial charge is 0.492 e. The third-order valence-corrected chi connectivity index (χ3v) is 2.18. The predicted octanol–water partition coefficient (Wildman–Crippen LogP) is 2.14. The first-order valence-electron chi connectivity index (χ1n) is 5.97. The number of likely N-dealkylation sites (N-methyl/N-ethyl adjacent to an activating group) is 1. The molecule has 0 aliphatic heterocycles. The summed E-state index contributed by atoms with van der Waals surface area (Å²) in [4.78, 5) is 13.7. The van der Waals surface area contributed by atoms with E-state index < -0.39 is 0 Å². The molecule has 0 aliphatic carbocycles. The number of nitrogens with one attached hydrogen (secondary N) is 1. The molecule has 0 bridgehead atoms. The highest BCUT2D eigenvalue weighted by Crippen LogP contribution is 2.23. The molecule has 1 amide bonds. The first kappa shape index (κ1) is 14.3. The van der Waals surface area contributed by atoms with Crippen molar-refractivity contribution in [3.8, 4) is 5.75 Å². The van der Waals surface area contributed by atoms with E-state index in [1.165, 1.54) is 6.08 Å². The number of nitrogens with zero attached hydrogens (tertiary/aromatic N) is 1. The molecule has 4 nitrogen and oxygen atoms in total. The molecule has 18 heavy (non-hydrogen) atoms. The van der Waals surface area contributed by atoms with Crippen molar-refractivity contribution in [3.63, 3.8) is 0 Å². The average Bonchev–Trinajstić information content (AvgIpc) is 2.31. The van der Waals surface area contributed by atoms with Crippen molar-refractivity contribution in [1.82, 2.24) is 4.90 Å². The summed E-state index contributed by atoms with van der Waals surface area (Å²) in [5.74, 6) is 0.540. The first-order valence-corrected chi connectivity index (χ1v) is 5.97. The SMILES string of the molecule is CCOc1ccccc1NC(=O)C=CCN(C)C. The van der Waals surface area contributed by atoms with E-state index in [1.54, 1.807) is 0 Å². The van der Waals surface area contributed by atoms with Gasteiger partial charge in [-0.05, 0) is 33.2 Å². The van der Waals surface area contributed by atoms with Gasteiger partial charge in [-0.25, -0.2) is 0 Å². The molecular weight excluding hydrogens is 228 g/mol. The van der Waals surface area contributed by atoms with E-state index in [2.05, 4.69) is 5.32 Å². The van der Waals surface area contributed by atoms with Crippen molar-refractivity contribution >= 4 is 11.6 Å². The second kappa shape index (κ2) is 7.50. The highest BCUT2D eigenvalue weighted by atomic mass is 16.5. The molecule has 1 rings (SSSR count). The van der Waals surface area contributed by atoms with Crippen molar-refractivity contribution in [3.05, 3.63) is 36.4 Å². The van der Waals surface area contributed by atoms with E-state index in [0.29, 0.717) is 18.0 Å². The number of rotatable bonds is 6. The van der Waals surface area contributed by atoms with Crippen LogP contribution in [0, 0.1) is 0 Å². The van der Waals surface area contributed by atoms with Crippen molar-refractivity contribution in [1.29, 1.82) is 0 Å². The third kappa shape index (κ3) is 5.01. The lowest BCUT2D eigenvalue weighted by atomic mass is 10.3. The number of benzene rings is 1. The normalized spacial score (nSPS) is 10.9. The molecular formula is C14H20N2O2. The smallest absolute Gasteiger partial charge is 0.248 e. The molecule has 0 spiro atoms. The molecule has 0 unspecified atom stereocenters. The second-order valence-corrected chi connectivity index (χ2v) is 4.08. The van der Waals surface area contributed by atoms with Crippen molar-refractivity contribution < 1.29 is 9.53 Å². The maximum absolute atomic E-state index is 11.7. The summed E-state index contributed by atoms with van der Waals surface area (Å²) in [6, 6.07) is 7.40. The van der Waals surface area contributed by atoms with Gasteiger partial charge < -0.3 is 15.0 Å². The Labute approximate surface area is 108 Å². The quantitative estimate of drug-likeness (QED) is 0.784. The Balaban J connectivity index is 2.61. The number of carbonyl (C=O) groups is 1. The first-order chi connectivity index (χ1) is 8.63. The molecule has 0 saturated carbocycles. The number of ether oxygens (including phenoxy) is 1. The summed E-state index contributed by atoms with van der Waals surface area (Å²) in [5.41, 5.74) is 0.693. The fourth-order valence-electron chi connectivity index (χ4n) is 1.40. The maximum atomic E-state index is 11.7. The molecule has 1 aromatic rings. The number of para-hydroxylation sites is 2. The minimum Gasteiger partial charge on any atom is -0.492 e. The number of amides is 1. The Bertz CT molecular complexity index is 414. The molecule has 0 heterocycles. The van der Waals surface area contributed by atoms with E-state index in [1.807, 2.05) is 56.3 Å². The summed E-state index contributed by atoms with van der Waals surface area (Å²) in [6.45, 7) is 3.22. The summed E-state index contributed by atoms with van der Waals surface area (Å²) >= 11 is 0. The Hall–Kier alpha value is -1.81. The van der Waals surface area contributed by atoms with Gasteiger partial charge in [0.1, 0.15) is 5.75 Å². The van der Waals surface area contributed by atoms with Gasteiger partial charge in [0.25, 0.3) is 0 Å². The minimum absolute atomic E-state index is 0.149. The number of anilines is 1. The number of hydrogen-bond donors (Lipinski definition) is 1. The molecule has 0 saturated heterocycles. The molecule has 0 fully saturated rings. The van der Waals surface area contributed by atoms with Crippen molar-refractivity contribution in [2.24, 2.45) is 0 Å². The molecule has 4 heteroatoms. The van der Waals surface area contributed by atoms with E-state index in [0.717, 1.165) is 6.54 Å². The van der Waals surface area contributed by atoms with Crippen LogP contribution < -0.4 is 10.1 Å². The van der Waals surface area contributed by atoms with E-state index >= 15 is 0 Å². The van der Waals surface area contributed by atoms with E-state index in [4.69, 9.17) is 4.74 Å². The van der Waals surface area contributed by atoms with Crippen LogP contribution in [0.1, 0.15) is 6.92 Å². The predicted molar refractivity (Wildman–Crippen MR) is 73.9 cm³/mol. The molecule has 1 N–H and O–H groups in total. The zero-order chi connectivity index (χ0) is 13.4. The molecule has 98 valence electrons. The lowest BCUT2D eigenvalue weighted by Crippen LogP contribution is -2.13. The lowest BCUT2D eigenvalue weighted by Gasteiger charge is -2.10. The summed E-state index contributed by atoms with van der Waals surface area (Å²) < 4.78 is 5.43. The van der Waals surface area contributed by atoms with Crippen LogP contribution >= 0.6 is 0 Å². The Kier molecular flexibility index (Phi) is 5.94. The van der Waals surface area contributed by atoms with Crippen LogP contribution in [-0.2, 0) is 4.79 Å². The molecule has 0 aliphatic rings. The van der Waals surface area contributed by atoms with Gasteiger partial charge in [0, 0.05) is 12.6 Å². The van der Waals surface area contributed by atoms with Gasteiger partial charge in [0.15, 0.2) is 0 Å². The monoisotopic (exact) mass is 248 g/mol. The third-order valence-electron chi connectivity index (χ3n) is 2.18. The molecule has 0 aromatic heterocycles. The van der Waals surface area contributed by atoms with Crippen LogP contribution in [0.4, 0.5) is 5.69 Å². The summed E-state index contributed by atoms with van der Waals surface area (Å²) in [7, 11) is 3.90. The second-order valence-electron chi connectivity index (χ2n) is 4.08. The van der Waals surface area contributed by atoms with E-state index in [9.17, 15) is 4.79 Å². The standard InChI is InChI=1S/C14H20N2O2/c1-4-18-13-9-6-5-8-12(13)15-14(17)10-7-11-16(2)3/h5-10H,4,11H2,1-3H3,(H,15,17). The fraction of sp³-hybridized carbons (Fsp3) is 0.357. The van der Waals surface area contributed by atoms with Crippen LogP contribution in [0.25, 0.3) is 0 Å². The van der Waals surface area contributed by atoms with Gasteiger partial charge in [0.05, 0.1) is 12.3 Å². The molecule has 0 atom stereocenters. The van der Waals surface area contributed by atoms with Gasteiger partial charge in [-0.3, -0.25) is 4.79 Å². The zero-order valence-electron chi connectivity index (χ0n) is 11.1. The highest BCUT2D eigenvalue weighted by molar-refractivity contribution is 6.00. The topological polar surface area (TPSA) is 41.6 Å². The number of carbonyl (C=O) groups excluding carboxylic acids is 1. The Morgan fingerprint density at radius 1 is 1.39 bits per heavy atom. The van der Waals surface area contributed by atoms with Gasteiger partial charge in [-0.2, -0.15) is 0 Å². The van der Waals surface area contributed by atoms with Crippen molar-refractivity contribution in [2.75, 3.05) is 32.6 Å². The maximum Gasteiger partial charge on any atom is 0.248 e. The van der Waals surface area contributed by atoms with Crippen molar-refractivity contribution in [2.45, 2.75) is 6.92 Å². The zero-order valence-corrected chi connectivity index (χ0v) is 11.1. The van der Waals surface area contributed by atoms with Gasteiger partial charge in [0.2, 0.25) is 5.91 Å². The van der Waals surface area contributed by atoms with Crippen LogP contribution in [0.3, 0.4) is 0 Å². The Morgan fingerprint density at radius 3 is 2.78 bits per heavy atom. The van der Waals surface area contributed by atoms with Gasteiger partial charge >= 0.3 is 0 Å². The minimum atomic E-state index is -0.149. The summed E-state index contributed by atoms with van der Waals surface area (Å²) in [5, 5.41) is 2.80.